The first-order valence-corrected chi connectivity index (χ1v) is 7.10. The molecular formula is C16H20N4O. The fourth-order valence-electron chi connectivity index (χ4n) is 2.32. The van der Waals surface area contributed by atoms with Crippen LogP contribution in [0.4, 0.5) is 0 Å². The lowest BCUT2D eigenvalue weighted by Crippen LogP contribution is -2.16. The highest BCUT2D eigenvalue weighted by Crippen LogP contribution is 2.24. The maximum atomic E-state index is 6.22. The number of aromatic nitrogens is 3. The van der Waals surface area contributed by atoms with E-state index in [0.717, 1.165) is 11.1 Å². The highest BCUT2D eigenvalue weighted by atomic mass is 16.5. The van der Waals surface area contributed by atoms with E-state index >= 15 is 0 Å². The largest absolute Gasteiger partial charge is 0.361 e. The SMILES string of the molecule is CC(C)(C)c1noc([C@@H](N)Cc2c[nH]c3ccccc23)n1. The molecular weight excluding hydrogens is 264 g/mol. The smallest absolute Gasteiger partial charge is 0.243 e. The summed E-state index contributed by atoms with van der Waals surface area (Å²) >= 11 is 0. The molecule has 110 valence electrons. The van der Waals surface area contributed by atoms with Crippen LogP contribution in [0, 0.1) is 0 Å². The number of nitrogens with one attached hydrogen (secondary N) is 1. The zero-order chi connectivity index (χ0) is 15.0. The third-order valence-electron chi connectivity index (χ3n) is 3.54. The zero-order valence-electron chi connectivity index (χ0n) is 12.6. The molecule has 0 aliphatic carbocycles. The molecule has 0 bridgehead atoms. The Morgan fingerprint density at radius 1 is 1.29 bits per heavy atom. The molecule has 0 aliphatic heterocycles. The molecule has 0 spiro atoms. The summed E-state index contributed by atoms with van der Waals surface area (Å²) in [5, 5.41) is 5.21. The van der Waals surface area contributed by atoms with Gasteiger partial charge in [-0.3, -0.25) is 0 Å². The number of fused-ring (bicyclic) bond motifs is 1. The Kier molecular flexibility index (Phi) is 3.29. The number of benzene rings is 1. The van der Waals surface area contributed by atoms with Crippen LogP contribution in [-0.4, -0.2) is 15.1 Å². The second-order valence-electron chi connectivity index (χ2n) is 6.38. The van der Waals surface area contributed by atoms with Gasteiger partial charge in [-0.15, -0.1) is 0 Å². The van der Waals surface area contributed by atoms with Crippen molar-refractivity contribution in [1.82, 2.24) is 15.1 Å². The van der Waals surface area contributed by atoms with Crippen molar-refractivity contribution in [3.05, 3.63) is 47.7 Å². The van der Waals surface area contributed by atoms with Gasteiger partial charge < -0.3 is 15.2 Å². The first-order valence-electron chi connectivity index (χ1n) is 7.10. The van der Waals surface area contributed by atoms with Crippen LogP contribution in [0.3, 0.4) is 0 Å². The summed E-state index contributed by atoms with van der Waals surface area (Å²) in [6, 6.07) is 7.87. The van der Waals surface area contributed by atoms with Crippen LogP contribution >= 0.6 is 0 Å². The fraction of sp³-hybridized carbons (Fsp3) is 0.375. The minimum absolute atomic E-state index is 0.137. The van der Waals surface area contributed by atoms with Crippen LogP contribution in [0.15, 0.2) is 35.0 Å². The van der Waals surface area contributed by atoms with Crippen molar-refractivity contribution in [2.24, 2.45) is 5.73 Å². The number of hydrogen-bond acceptors (Lipinski definition) is 4. The van der Waals surface area contributed by atoms with E-state index in [-0.39, 0.29) is 11.5 Å². The number of aromatic amines is 1. The number of rotatable bonds is 3. The third-order valence-corrected chi connectivity index (χ3v) is 3.54. The Balaban J connectivity index is 1.83. The van der Waals surface area contributed by atoms with E-state index in [4.69, 9.17) is 10.3 Å². The summed E-state index contributed by atoms with van der Waals surface area (Å²) in [6.45, 7) is 6.15. The highest BCUT2D eigenvalue weighted by molar-refractivity contribution is 5.83. The second-order valence-corrected chi connectivity index (χ2v) is 6.38. The topological polar surface area (TPSA) is 80.7 Å². The first kappa shape index (κ1) is 13.8. The molecule has 3 rings (SSSR count). The zero-order valence-corrected chi connectivity index (χ0v) is 12.6. The number of H-pyrrole nitrogens is 1. The molecule has 5 nitrogen and oxygen atoms in total. The van der Waals surface area contributed by atoms with Crippen LogP contribution in [0.1, 0.15) is 44.1 Å². The summed E-state index contributed by atoms with van der Waals surface area (Å²) in [6.07, 6.45) is 2.65. The molecule has 1 atom stereocenters. The highest BCUT2D eigenvalue weighted by Gasteiger charge is 2.23. The normalized spacial score (nSPS) is 13.7. The summed E-state index contributed by atoms with van der Waals surface area (Å²) in [4.78, 5) is 7.68. The average molecular weight is 284 g/mol. The minimum Gasteiger partial charge on any atom is -0.361 e. The molecule has 0 saturated heterocycles. The van der Waals surface area contributed by atoms with Crippen molar-refractivity contribution in [3.8, 4) is 0 Å². The van der Waals surface area contributed by atoms with Crippen LogP contribution in [0.25, 0.3) is 10.9 Å². The fourth-order valence-corrected chi connectivity index (χ4v) is 2.32. The molecule has 0 aliphatic rings. The van der Waals surface area contributed by atoms with Gasteiger partial charge in [-0.1, -0.05) is 44.1 Å². The number of hydrogen-bond donors (Lipinski definition) is 2. The lowest BCUT2D eigenvalue weighted by molar-refractivity contribution is 0.343. The maximum absolute atomic E-state index is 6.22. The van der Waals surface area contributed by atoms with Crippen molar-refractivity contribution < 1.29 is 4.52 Å². The predicted octanol–water partition coefficient (Wildman–Crippen LogP) is 3.09. The van der Waals surface area contributed by atoms with E-state index in [1.807, 2.05) is 39.1 Å². The molecule has 0 radical (unpaired) electrons. The Morgan fingerprint density at radius 2 is 2.05 bits per heavy atom. The molecule has 2 aromatic heterocycles. The molecule has 0 saturated carbocycles. The monoisotopic (exact) mass is 284 g/mol. The summed E-state index contributed by atoms with van der Waals surface area (Å²) in [7, 11) is 0. The molecule has 0 amide bonds. The van der Waals surface area contributed by atoms with E-state index in [9.17, 15) is 0 Å². The lowest BCUT2D eigenvalue weighted by atomic mass is 9.96. The molecule has 3 aromatic rings. The molecule has 2 heterocycles. The number of nitrogens with two attached hydrogens (primary N) is 1. The molecule has 0 fully saturated rings. The van der Waals surface area contributed by atoms with Gasteiger partial charge in [0, 0.05) is 22.5 Å². The van der Waals surface area contributed by atoms with Gasteiger partial charge in [-0.2, -0.15) is 4.98 Å². The average Bonchev–Trinajstić information content (AvgIpc) is 3.05. The Bertz CT molecular complexity index is 751. The molecule has 5 heteroatoms. The molecule has 1 aromatic carbocycles. The second kappa shape index (κ2) is 5.00. The van der Waals surface area contributed by atoms with Crippen molar-refractivity contribution in [2.45, 2.75) is 38.6 Å². The van der Waals surface area contributed by atoms with Crippen molar-refractivity contribution in [2.75, 3.05) is 0 Å². The first-order chi connectivity index (χ1) is 9.95. The standard InChI is InChI=1S/C16H20N4O/c1-16(2,3)15-19-14(21-20-15)12(17)8-10-9-18-13-7-5-4-6-11(10)13/h4-7,9,12,18H,8,17H2,1-3H3/t12-/m0/s1. The van der Waals surface area contributed by atoms with E-state index in [0.29, 0.717) is 18.1 Å². The molecule has 3 N–H and O–H groups in total. The predicted molar refractivity (Wildman–Crippen MR) is 81.9 cm³/mol. The van der Waals surface area contributed by atoms with Gasteiger partial charge in [0.15, 0.2) is 5.82 Å². The van der Waals surface area contributed by atoms with Crippen molar-refractivity contribution in [1.29, 1.82) is 0 Å². The van der Waals surface area contributed by atoms with Gasteiger partial charge in [-0.25, -0.2) is 0 Å². The van der Waals surface area contributed by atoms with Crippen molar-refractivity contribution >= 4 is 10.9 Å². The number of nitrogens with zero attached hydrogens (tertiary/aromatic N) is 2. The van der Waals surface area contributed by atoms with E-state index in [2.05, 4.69) is 27.3 Å². The lowest BCUT2D eigenvalue weighted by Gasteiger charge is -2.11. The van der Waals surface area contributed by atoms with Gasteiger partial charge in [0.1, 0.15) is 0 Å². The minimum atomic E-state index is -0.298. The van der Waals surface area contributed by atoms with Gasteiger partial charge in [0.05, 0.1) is 6.04 Å². The molecule has 21 heavy (non-hydrogen) atoms. The Hall–Kier alpha value is -2.14. The van der Waals surface area contributed by atoms with E-state index in [1.54, 1.807) is 0 Å². The maximum Gasteiger partial charge on any atom is 0.243 e. The summed E-state index contributed by atoms with van der Waals surface area (Å²) in [5.74, 6) is 1.18. The Morgan fingerprint density at radius 3 is 2.76 bits per heavy atom. The third kappa shape index (κ3) is 2.69. The van der Waals surface area contributed by atoms with E-state index in [1.165, 1.54) is 5.39 Å². The van der Waals surface area contributed by atoms with E-state index < -0.39 is 0 Å². The van der Waals surface area contributed by atoms with Crippen LogP contribution < -0.4 is 5.73 Å². The van der Waals surface area contributed by atoms with Gasteiger partial charge in [0.2, 0.25) is 5.89 Å². The molecule has 0 unspecified atom stereocenters. The summed E-state index contributed by atoms with van der Waals surface area (Å²) < 4.78 is 5.32. The van der Waals surface area contributed by atoms with Gasteiger partial charge in [0.25, 0.3) is 0 Å². The quantitative estimate of drug-likeness (QED) is 0.774. The van der Waals surface area contributed by atoms with Gasteiger partial charge in [-0.05, 0) is 18.1 Å². The van der Waals surface area contributed by atoms with Crippen LogP contribution in [0.2, 0.25) is 0 Å². The summed E-state index contributed by atoms with van der Waals surface area (Å²) in [5.41, 5.74) is 8.36. The van der Waals surface area contributed by atoms with Crippen molar-refractivity contribution in [3.63, 3.8) is 0 Å². The Labute approximate surface area is 123 Å². The van der Waals surface area contributed by atoms with Gasteiger partial charge >= 0.3 is 0 Å². The van der Waals surface area contributed by atoms with Crippen LogP contribution in [0.5, 0.6) is 0 Å². The number of para-hydroxylation sites is 1. The van der Waals surface area contributed by atoms with Crippen LogP contribution in [-0.2, 0) is 11.8 Å².